The summed E-state index contributed by atoms with van der Waals surface area (Å²) in [6, 6.07) is 7.67. The Hall–Kier alpha value is -1.15. The van der Waals surface area contributed by atoms with Crippen LogP contribution in [0.3, 0.4) is 0 Å². The number of likely N-dealkylation sites (N-methyl/N-ethyl adjacent to an activating group) is 1. The number of carbonyl (C=O) groups is 1. The third-order valence-electron chi connectivity index (χ3n) is 2.58. The molecule has 0 aliphatic rings. The Labute approximate surface area is 85.3 Å². The fourth-order valence-electron chi connectivity index (χ4n) is 1.28. The van der Waals surface area contributed by atoms with Gasteiger partial charge in [0.25, 0.3) is 0 Å². The maximum absolute atomic E-state index is 12.1. The zero-order valence-electron chi connectivity index (χ0n) is 9.22. The topological polar surface area (TPSA) is 29.1 Å². The number of hydrogen-bond donors (Lipinski definition) is 1. The second-order valence-corrected chi connectivity index (χ2v) is 4.02. The second-order valence-electron chi connectivity index (χ2n) is 4.02. The predicted octanol–water partition coefficient (Wildman–Crippen LogP) is 2.18. The van der Waals surface area contributed by atoms with E-state index in [1.807, 2.05) is 45.0 Å². The molecule has 0 fully saturated rings. The molecule has 1 aromatic rings. The minimum atomic E-state index is -0.494. The summed E-state index contributed by atoms with van der Waals surface area (Å²) in [6.07, 6.45) is 0. The monoisotopic (exact) mass is 191 g/mol. The van der Waals surface area contributed by atoms with Gasteiger partial charge in [-0.1, -0.05) is 24.3 Å². The molecule has 0 unspecified atom stereocenters. The van der Waals surface area contributed by atoms with Gasteiger partial charge in [0, 0.05) is 5.56 Å². The maximum atomic E-state index is 12.1. The molecule has 0 amide bonds. The van der Waals surface area contributed by atoms with Crippen molar-refractivity contribution in [1.82, 2.24) is 5.32 Å². The van der Waals surface area contributed by atoms with E-state index in [2.05, 4.69) is 5.32 Å². The first-order valence-corrected chi connectivity index (χ1v) is 4.78. The van der Waals surface area contributed by atoms with Crippen LogP contribution < -0.4 is 5.32 Å². The van der Waals surface area contributed by atoms with Crippen molar-refractivity contribution in [3.8, 4) is 0 Å². The van der Waals surface area contributed by atoms with Crippen molar-refractivity contribution in [1.29, 1.82) is 0 Å². The van der Waals surface area contributed by atoms with Gasteiger partial charge in [0.1, 0.15) is 0 Å². The molecule has 1 rings (SSSR count). The molecule has 0 saturated heterocycles. The van der Waals surface area contributed by atoms with Gasteiger partial charge >= 0.3 is 0 Å². The first-order chi connectivity index (χ1) is 6.49. The number of rotatable bonds is 3. The molecule has 0 heterocycles. The largest absolute Gasteiger partial charge is 0.308 e. The van der Waals surface area contributed by atoms with Crippen molar-refractivity contribution in [3.63, 3.8) is 0 Å². The fourth-order valence-corrected chi connectivity index (χ4v) is 1.28. The van der Waals surface area contributed by atoms with Gasteiger partial charge in [-0.05, 0) is 33.4 Å². The van der Waals surface area contributed by atoms with Crippen molar-refractivity contribution in [2.45, 2.75) is 26.3 Å². The van der Waals surface area contributed by atoms with Gasteiger partial charge < -0.3 is 5.32 Å². The highest BCUT2D eigenvalue weighted by Crippen LogP contribution is 2.15. The van der Waals surface area contributed by atoms with E-state index in [0.29, 0.717) is 0 Å². The smallest absolute Gasteiger partial charge is 0.182 e. The molecule has 0 atom stereocenters. The Bertz CT molecular complexity index is 342. The number of carbonyl (C=O) groups excluding carboxylic acids is 1. The van der Waals surface area contributed by atoms with Gasteiger partial charge in [0.2, 0.25) is 0 Å². The molecular formula is C12H17NO. The lowest BCUT2D eigenvalue weighted by Crippen LogP contribution is -2.44. The highest BCUT2D eigenvalue weighted by Gasteiger charge is 2.26. The van der Waals surface area contributed by atoms with Crippen LogP contribution in [0.2, 0.25) is 0 Å². The average Bonchev–Trinajstić information content (AvgIpc) is 2.17. The Morgan fingerprint density at radius 3 is 2.36 bits per heavy atom. The minimum Gasteiger partial charge on any atom is -0.308 e. The average molecular weight is 191 g/mol. The Balaban J connectivity index is 3.07. The van der Waals surface area contributed by atoms with Crippen molar-refractivity contribution >= 4 is 5.78 Å². The third-order valence-corrected chi connectivity index (χ3v) is 2.58. The van der Waals surface area contributed by atoms with Crippen LogP contribution >= 0.6 is 0 Å². The molecule has 1 aromatic carbocycles. The molecule has 1 N–H and O–H groups in total. The predicted molar refractivity (Wildman–Crippen MR) is 58.6 cm³/mol. The molecule has 0 aliphatic heterocycles. The van der Waals surface area contributed by atoms with E-state index in [1.54, 1.807) is 7.05 Å². The molecule has 0 aromatic heterocycles. The lowest BCUT2D eigenvalue weighted by Gasteiger charge is -2.23. The third kappa shape index (κ3) is 2.02. The van der Waals surface area contributed by atoms with E-state index in [4.69, 9.17) is 0 Å². The van der Waals surface area contributed by atoms with Crippen molar-refractivity contribution in [2.24, 2.45) is 0 Å². The minimum absolute atomic E-state index is 0.137. The van der Waals surface area contributed by atoms with Crippen molar-refractivity contribution in [2.75, 3.05) is 7.05 Å². The van der Waals surface area contributed by atoms with Gasteiger partial charge in [-0.2, -0.15) is 0 Å². The van der Waals surface area contributed by atoms with E-state index in [1.165, 1.54) is 0 Å². The molecule has 76 valence electrons. The standard InChI is InChI=1S/C12H17NO/c1-9-7-5-6-8-10(9)11(14)12(2,3)13-4/h5-8,13H,1-4H3. The van der Waals surface area contributed by atoms with Crippen LogP contribution in [0.25, 0.3) is 0 Å². The summed E-state index contributed by atoms with van der Waals surface area (Å²) in [4.78, 5) is 12.1. The molecule has 0 aliphatic carbocycles. The van der Waals surface area contributed by atoms with Crippen LogP contribution in [0.1, 0.15) is 29.8 Å². The Kier molecular flexibility index (Phi) is 3.06. The summed E-state index contributed by atoms with van der Waals surface area (Å²) in [5.74, 6) is 0.137. The number of hydrogen-bond acceptors (Lipinski definition) is 2. The number of aryl methyl sites for hydroxylation is 1. The summed E-state index contributed by atoms with van der Waals surface area (Å²) < 4.78 is 0. The zero-order valence-corrected chi connectivity index (χ0v) is 9.22. The summed E-state index contributed by atoms with van der Waals surface area (Å²) in [6.45, 7) is 5.74. The van der Waals surface area contributed by atoms with Crippen molar-refractivity contribution in [3.05, 3.63) is 35.4 Å². The van der Waals surface area contributed by atoms with Gasteiger partial charge in [0.05, 0.1) is 5.54 Å². The molecule has 0 radical (unpaired) electrons. The number of Topliss-reactive ketones (excluding diaryl/α,β-unsaturated/α-hetero) is 1. The molecule has 2 heteroatoms. The first-order valence-electron chi connectivity index (χ1n) is 4.78. The summed E-state index contributed by atoms with van der Waals surface area (Å²) >= 11 is 0. The van der Waals surface area contributed by atoms with E-state index in [0.717, 1.165) is 11.1 Å². The van der Waals surface area contributed by atoms with Gasteiger partial charge in [-0.25, -0.2) is 0 Å². The Morgan fingerprint density at radius 1 is 1.29 bits per heavy atom. The number of benzene rings is 1. The van der Waals surface area contributed by atoms with Crippen LogP contribution in [-0.4, -0.2) is 18.4 Å². The molecule has 2 nitrogen and oxygen atoms in total. The van der Waals surface area contributed by atoms with E-state index >= 15 is 0 Å². The number of ketones is 1. The summed E-state index contributed by atoms with van der Waals surface area (Å²) in [5, 5.41) is 3.02. The summed E-state index contributed by atoms with van der Waals surface area (Å²) in [5.41, 5.74) is 1.33. The molecule has 0 bridgehead atoms. The number of nitrogens with one attached hydrogen (secondary N) is 1. The Morgan fingerprint density at radius 2 is 1.86 bits per heavy atom. The fraction of sp³-hybridized carbons (Fsp3) is 0.417. The second kappa shape index (κ2) is 3.93. The van der Waals surface area contributed by atoms with Gasteiger partial charge in [-0.15, -0.1) is 0 Å². The SMILES string of the molecule is CNC(C)(C)C(=O)c1ccccc1C. The lowest BCUT2D eigenvalue weighted by atomic mass is 9.91. The van der Waals surface area contributed by atoms with Crippen LogP contribution in [0.5, 0.6) is 0 Å². The maximum Gasteiger partial charge on any atom is 0.182 e. The first kappa shape index (κ1) is 10.9. The molecule has 14 heavy (non-hydrogen) atoms. The molecule has 0 spiro atoms. The highest BCUT2D eigenvalue weighted by atomic mass is 16.1. The van der Waals surface area contributed by atoms with Gasteiger partial charge in [-0.3, -0.25) is 4.79 Å². The van der Waals surface area contributed by atoms with E-state index < -0.39 is 5.54 Å². The van der Waals surface area contributed by atoms with Crippen LogP contribution in [0.15, 0.2) is 24.3 Å². The highest BCUT2D eigenvalue weighted by molar-refractivity contribution is 6.03. The zero-order chi connectivity index (χ0) is 10.8. The lowest BCUT2D eigenvalue weighted by molar-refractivity contribution is 0.0889. The molecule has 0 saturated carbocycles. The van der Waals surface area contributed by atoms with Gasteiger partial charge in [0.15, 0.2) is 5.78 Å². The van der Waals surface area contributed by atoms with Crippen LogP contribution in [0, 0.1) is 6.92 Å². The quantitative estimate of drug-likeness (QED) is 0.742. The molecular weight excluding hydrogens is 174 g/mol. The van der Waals surface area contributed by atoms with E-state index in [-0.39, 0.29) is 5.78 Å². The van der Waals surface area contributed by atoms with Crippen LogP contribution in [-0.2, 0) is 0 Å². The normalized spacial score (nSPS) is 11.4. The summed E-state index contributed by atoms with van der Waals surface area (Å²) in [7, 11) is 1.80. The van der Waals surface area contributed by atoms with Crippen molar-refractivity contribution < 1.29 is 4.79 Å². The van der Waals surface area contributed by atoms with Crippen LogP contribution in [0.4, 0.5) is 0 Å². The van der Waals surface area contributed by atoms with E-state index in [9.17, 15) is 4.79 Å².